The van der Waals surface area contributed by atoms with E-state index in [1.54, 1.807) is 31.4 Å². The van der Waals surface area contributed by atoms with E-state index in [1.807, 2.05) is 19.2 Å². The molecule has 2 fully saturated rings. The molecule has 2 aromatic carbocycles. The maximum atomic E-state index is 13.4. The molecule has 1 saturated heterocycles. The predicted molar refractivity (Wildman–Crippen MR) is 154 cm³/mol. The van der Waals surface area contributed by atoms with Gasteiger partial charge in [-0.1, -0.05) is 31.2 Å². The van der Waals surface area contributed by atoms with Gasteiger partial charge in [0, 0.05) is 48.6 Å². The van der Waals surface area contributed by atoms with Gasteiger partial charge in [-0.25, -0.2) is 0 Å². The van der Waals surface area contributed by atoms with Crippen LogP contribution in [0.15, 0.2) is 54.6 Å². The number of hydrogen-bond acceptors (Lipinski definition) is 8. The third-order valence-corrected chi connectivity index (χ3v) is 10.1. The van der Waals surface area contributed by atoms with Crippen molar-refractivity contribution in [2.24, 2.45) is 5.41 Å². The number of anilines is 1. The zero-order valence-electron chi connectivity index (χ0n) is 24.1. The first-order valence-electron chi connectivity index (χ1n) is 14.4. The number of nitrogens with zero attached hydrogens (tertiary/aromatic N) is 2. The monoisotopic (exact) mass is 561 g/mol. The van der Waals surface area contributed by atoms with Crippen molar-refractivity contribution in [3.63, 3.8) is 0 Å². The first-order chi connectivity index (χ1) is 19.7. The lowest BCUT2D eigenvalue weighted by Crippen LogP contribution is -2.81. The quantitative estimate of drug-likeness (QED) is 0.349. The normalized spacial score (nSPS) is 33.1. The largest absolute Gasteiger partial charge is 0.497 e. The Balaban J connectivity index is 1.51. The molecular formula is C32H39N3O6. The Bertz CT molecular complexity index is 1390. The van der Waals surface area contributed by atoms with Gasteiger partial charge in [0.05, 0.1) is 26.3 Å². The Morgan fingerprint density at radius 2 is 1.90 bits per heavy atom. The van der Waals surface area contributed by atoms with Gasteiger partial charge < -0.3 is 29.9 Å². The van der Waals surface area contributed by atoms with Crippen molar-refractivity contribution < 1.29 is 29.3 Å². The van der Waals surface area contributed by atoms with Gasteiger partial charge in [0.25, 0.3) is 5.91 Å². The van der Waals surface area contributed by atoms with Crippen LogP contribution in [-0.4, -0.2) is 84.6 Å². The summed E-state index contributed by atoms with van der Waals surface area (Å²) in [6.45, 7) is 4.88. The number of aliphatic hydroxyl groups is 2. The van der Waals surface area contributed by atoms with Crippen LogP contribution in [0.4, 0.5) is 5.69 Å². The van der Waals surface area contributed by atoms with Crippen LogP contribution in [0.5, 0.6) is 5.75 Å². The summed E-state index contributed by atoms with van der Waals surface area (Å²) >= 11 is 0. The molecule has 41 heavy (non-hydrogen) atoms. The minimum Gasteiger partial charge on any atom is -0.497 e. The van der Waals surface area contributed by atoms with E-state index in [0.717, 1.165) is 36.3 Å². The average Bonchev–Trinajstić information content (AvgIpc) is 3.50. The van der Waals surface area contributed by atoms with Crippen molar-refractivity contribution >= 4 is 17.6 Å². The van der Waals surface area contributed by atoms with E-state index in [0.29, 0.717) is 17.7 Å². The number of benzene rings is 2. The van der Waals surface area contributed by atoms with E-state index in [9.17, 15) is 19.8 Å². The number of carbonyl (C=O) groups excluding carboxylic acids is 2. The highest BCUT2D eigenvalue weighted by molar-refractivity contribution is 5.94. The molecule has 9 heteroatoms. The fraction of sp³-hybridized carbons (Fsp3) is 0.500. The number of esters is 1. The molecule has 1 saturated carbocycles. The van der Waals surface area contributed by atoms with Crippen molar-refractivity contribution in [1.82, 2.24) is 10.2 Å². The number of hydrogen-bond donors (Lipinski definition) is 3. The number of amides is 1. The Labute approximate surface area is 240 Å². The number of aliphatic hydroxyl groups excluding tert-OH is 1. The van der Waals surface area contributed by atoms with Crippen LogP contribution in [0.1, 0.15) is 48.2 Å². The Hall–Kier alpha value is -3.40. The fourth-order valence-corrected chi connectivity index (χ4v) is 8.75. The van der Waals surface area contributed by atoms with Gasteiger partial charge in [0.1, 0.15) is 17.5 Å². The molecule has 1 amide bonds. The Morgan fingerprint density at radius 3 is 2.56 bits per heavy atom. The number of fused-ring (bicyclic) bond motifs is 1. The number of rotatable bonds is 7. The van der Waals surface area contributed by atoms with Crippen molar-refractivity contribution in [3.8, 4) is 5.75 Å². The number of methoxy groups -OCH3 is 1. The van der Waals surface area contributed by atoms with Gasteiger partial charge in [0.15, 0.2) is 0 Å². The molecule has 9 nitrogen and oxygen atoms in total. The molecule has 0 bridgehead atoms. The molecule has 0 radical (unpaired) electrons. The predicted octanol–water partition coefficient (Wildman–Crippen LogP) is 2.39. The summed E-state index contributed by atoms with van der Waals surface area (Å²) in [5, 5.41) is 26.0. The van der Waals surface area contributed by atoms with E-state index < -0.39 is 34.5 Å². The van der Waals surface area contributed by atoms with E-state index in [-0.39, 0.29) is 25.1 Å². The highest BCUT2D eigenvalue weighted by atomic mass is 16.6. The van der Waals surface area contributed by atoms with Crippen molar-refractivity contribution in [1.29, 1.82) is 0 Å². The van der Waals surface area contributed by atoms with Crippen LogP contribution in [-0.2, 0) is 21.6 Å². The summed E-state index contributed by atoms with van der Waals surface area (Å²) in [5.74, 6) is -0.167. The second-order valence-electron chi connectivity index (χ2n) is 12.0. The minimum atomic E-state index is -1.65. The molecule has 6 rings (SSSR count). The van der Waals surface area contributed by atoms with Crippen molar-refractivity contribution in [2.75, 3.05) is 38.7 Å². The molecule has 3 heterocycles. The van der Waals surface area contributed by atoms with Gasteiger partial charge in [-0.05, 0) is 60.8 Å². The van der Waals surface area contributed by atoms with Crippen LogP contribution in [0.25, 0.3) is 0 Å². The van der Waals surface area contributed by atoms with E-state index in [2.05, 4.69) is 40.3 Å². The second kappa shape index (κ2) is 9.86. The maximum Gasteiger partial charge on any atom is 0.303 e. The molecule has 3 N–H and O–H groups in total. The van der Waals surface area contributed by atoms with Gasteiger partial charge in [-0.2, -0.15) is 0 Å². The zero-order chi connectivity index (χ0) is 29.2. The molecule has 1 unspecified atom stereocenters. The summed E-state index contributed by atoms with van der Waals surface area (Å²) in [6, 6.07) is 12.3. The number of ether oxygens (including phenoxy) is 2. The Morgan fingerprint density at radius 1 is 1.15 bits per heavy atom. The minimum absolute atomic E-state index is 0.0272. The lowest BCUT2D eigenvalue weighted by Gasteiger charge is -2.64. The van der Waals surface area contributed by atoms with Crippen molar-refractivity contribution in [2.45, 2.75) is 62.5 Å². The molecule has 4 aliphatic rings. The summed E-state index contributed by atoms with van der Waals surface area (Å²) in [5.41, 5.74) is 0.482. The molecule has 6 atom stereocenters. The smallest absolute Gasteiger partial charge is 0.303 e. The van der Waals surface area contributed by atoms with E-state index in [4.69, 9.17) is 9.47 Å². The van der Waals surface area contributed by atoms with Crippen LogP contribution in [0.3, 0.4) is 0 Å². The fourth-order valence-electron chi connectivity index (χ4n) is 8.75. The van der Waals surface area contributed by atoms with Crippen molar-refractivity contribution in [3.05, 3.63) is 71.3 Å². The molecule has 1 aliphatic carbocycles. The SMILES string of the molecule is CC[C@]12C=CCN3CC[C@@]4(c5ccc(CO)cc5N(C)[C@H]4C(O)(CNC(=O)c4ccc(OC)cc4)[C@@H]1OC(C)=O)[C@@H]32. The molecule has 0 aromatic heterocycles. The molecular weight excluding hydrogens is 522 g/mol. The summed E-state index contributed by atoms with van der Waals surface area (Å²) in [6.07, 6.45) is 4.81. The zero-order valence-corrected chi connectivity index (χ0v) is 24.1. The number of nitrogens with one attached hydrogen (secondary N) is 1. The lowest BCUT2D eigenvalue weighted by atomic mass is 9.47. The highest BCUT2D eigenvalue weighted by Gasteiger charge is 2.77. The van der Waals surface area contributed by atoms with Gasteiger partial charge in [0.2, 0.25) is 0 Å². The third-order valence-electron chi connectivity index (χ3n) is 10.1. The third kappa shape index (κ3) is 3.78. The van der Waals surface area contributed by atoms with Crippen LogP contribution < -0.4 is 15.0 Å². The Kier molecular flexibility index (Phi) is 6.67. The average molecular weight is 562 g/mol. The summed E-state index contributed by atoms with van der Waals surface area (Å²) in [4.78, 5) is 30.6. The summed E-state index contributed by atoms with van der Waals surface area (Å²) in [7, 11) is 3.53. The van der Waals surface area contributed by atoms with Gasteiger partial charge in [-0.15, -0.1) is 0 Å². The van der Waals surface area contributed by atoms with E-state index >= 15 is 0 Å². The molecule has 2 aromatic rings. The topological polar surface area (TPSA) is 112 Å². The first kappa shape index (κ1) is 27.8. The van der Waals surface area contributed by atoms with Gasteiger partial charge in [-0.3, -0.25) is 14.5 Å². The molecule has 3 aliphatic heterocycles. The van der Waals surface area contributed by atoms with Crippen LogP contribution in [0, 0.1) is 5.41 Å². The van der Waals surface area contributed by atoms with E-state index in [1.165, 1.54) is 6.92 Å². The number of carbonyl (C=O) groups is 2. The highest BCUT2D eigenvalue weighted by Crippen LogP contribution is 2.67. The first-order valence-corrected chi connectivity index (χ1v) is 14.4. The number of likely N-dealkylation sites (N-methyl/N-ethyl adjacent to an activating group) is 1. The van der Waals surface area contributed by atoms with Crippen LogP contribution in [0.2, 0.25) is 0 Å². The van der Waals surface area contributed by atoms with Crippen LogP contribution >= 0.6 is 0 Å². The molecule has 1 spiro atoms. The summed E-state index contributed by atoms with van der Waals surface area (Å²) < 4.78 is 11.4. The standard InChI is InChI=1S/C32H39N3O6/c1-5-30-13-6-15-35-16-14-31(27(30)35)24-12-7-21(18-36)17-25(24)34(3)28(31)32(39,29(30)41-20(2)37)19-33-26(38)22-8-10-23(40-4)11-9-22/h6-13,17,27-29,36,39H,5,14-16,18-19H2,1-4H3,(H,33,38)/t27-,28+,29+,30+,31+,32?/m0/s1. The molecule has 218 valence electrons. The maximum absolute atomic E-state index is 13.4. The lowest BCUT2D eigenvalue weighted by molar-refractivity contribution is -0.216. The second-order valence-corrected chi connectivity index (χ2v) is 12.0. The van der Waals surface area contributed by atoms with Gasteiger partial charge >= 0.3 is 5.97 Å².